The molecule has 0 aromatic heterocycles. The molecule has 0 spiro atoms. The first kappa shape index (κ1) is 20.0. The number of methoxy groups -OCH3 is 1. The van der Waals surface area contributed by atoms with Crippen molar-refractivity contribution in [3.05, 3.63) is 23.3 Å². The third-order valence-electron chi connectivity index (χ3n) is 4.60. The van der Waals surface area contributed by atoms with E-state index in [2.05, 4.69) is 17.6 Å². The van der Waals surface area contributed by atoms with Crippen LogP contribution in [0.3, 0.4) is 0 Å². The van der Waals surface area contributed by atoms with Gasteiger partial charge in [-0.05, 0) is 48.9 Å². The summed E-state index contributed by atoms with van der Waals surface area (Å²) in [7, 11) is 1.48. The highest BCUT2D eigenvalue weighted by Crippen LogP contribution is 2.43. The molecule has 0 bridgehead atoms. The Balaban J connectivity index is 0.00000117. The SMILES string of the molecule is C#C.COc1cc(COC(=O)C(F)(F)F)cc2c1OC1CCCC[C@H]1C2. The zero-order valence-electron chi connectivity index (χ0n) is 14.5. The molecule has 0 amide bonds. The summed E-state index contributed by atoms with van der Waals surface area (Å²) in [6, 6.07) is 3.30. The van der Waals surface area contributed by atoms with Crippen molar-refractivity contribution in [2.45, 2.75) is 51.0 Å². The van der Waals surface area contributed by atoms with Gasteiger partial charge in [-0.25, -0.2) is 4.79 Å². The van der Waals surface area contributed by atoms with E-state index < -0.39 is 18.8 Å². The third kappa shape index (κ3) is 4.43. The van der Waals surface area contributed by atoms with Crippen molar-refractivity contribution in [1.29, 1.82) is 0 Å². The normalized spacial score (nSPS) is 21.2. The second kappa shape index (κ2) is 8.35. The fourth-order valence-electron chi connectivity index (χ4n) is 3.47. The van der Waals surface area contributed by atoms with Crippen LogP contribution in [0, 0.1) is 18.8 Å². The van der Waals surface area contributed by atoms with Gasteiger partial charge in [0.05, 0.1) is 7.11 Å². The number of hydrogen-bond acceptors (Lipinski definition) is 4. The number of alkyl halides is 3. The van der Waals surface area contributed by atoms with E-state index in [0.29, 0.717) is 23.0 Å². The lowest BCUT2D eigenvalue weighted by Gasteiger charge is -2.37. The van der Waals surface area contributed by atoms with E-state index >= 15 is 0 Å². The zero-order valence-corrected chi connectivity index (χ0v) is 14.5. The van der Waals surface area contributed by atoms with Gasteiger partial charge in [0, 0.05) is 5.92 Å². The molecule has 0 saturated heterocycles. The number of halogens is 3. The van der Waals surface area contributed by atoms with Crippen molar-refractivity contribution in [3.63, 3.8) is 0 Å². The molecule has 1 heterocycles. The molecule has 1 unspecified atom stereocenters. The lowest BCUT2D eigenvalue weighted by Crippen LogP contribution is -2.35. The fourth-order valence-corrected chi connectivity index (χ4v) is 3.47. The van der Waals surface area contributed by atoms with E-state index in [1.807, 2.05) is 0 Å². The maximum absolute atomic E-state index is 12.2. The highest BCUT2D eigenvalue weighted by atomic mass is 19.4. The first-order valence-electron chi connectivity index (χ1n) is 8.32. The minimum absolute atomic E-state index is 0.175. The number of rotatable bonds is 3. The van der Waals surface area contributed by atoms with E-state index in [9.17, 15) is 18.0 Å². The van der Waals surface area contributed by atoms with Crippen LogP contribution in [0.2, 0.25) is 0 Å². The molecule has 3 rings (SSSR count). The van der Waals surface area contributed by atoms with Crippen molar-refractivity contribution in [2.24, 2.45) is 5.92 Å². The van der Waals surface area contributed by atoms with Crippen molar-refractivity contribution < 1.29 is 32.2 Å². The van der Waals surface area contributed by atoms with Gasteiger partial charge in [-0.2, -0.15) is 13.2 Å². The lowest BCUT2D eigenvalue weighted by molar-refractivity contribution is -0.201. The lowest BCUT2D eigenvalue weighted by atomic mass is 9.80. The first-order chi connectivity index (χ1) is 12.4. The van der Waals surface area contributed by atoms with Crippen LogP contribution < -0.4 is 9.47 Å². The van der Waals surface area contributed by atoms with Gasteiger partial charge < -0.3 is 14.2 Å². The van der Waals surface area contributed by atoms with Crippen molar-refractivity contribution in [1.82, 2.24) is 0 Å². The summed E-state index contributed by atoms with van der Waals surface area (Å²) >= 11 is 0. The molecule has 7 heteroatoms. The Morgan fingerprint density at radius 3 is 2.62 bits per heavy atom. The molecule has 26 heavy (non-hydrogen) atoms. The van der Waals surface area contributed by atoms with Gasteiger partial charge in [0.2, 0.25) is 0 Å². The van der Waals surface area contributed by atoms with Crippen molar-refractivity contribution in [2.75, 3.05) is 7.11 Å². The largest absolute Gasteiger partial charge is 0.493 e. The average Bonchev–Trinajstić information content (AvgIpc) is 2.64. The summed E-state index contributed by atoms with van der Waals surface area (Å²) in [5.74, 6) is -0.646. The van der Waals surface area contributed by atoms with Crippen molar-refractivity contribution >= 4 is 5.97 Å². The zero-order chi connectivity index (χ0) is 19.3. The van der Waals surface area contributed by atoms with E-state index in [4.69, 9.17) is 9.47 Å². The van der Waals surface area contributed by atoms with Crippen LogP contribution in [-0.2, 0) is 22.6 Å². The quantitative estimate of drug-likeness (QED) is 0.595. The summed E-state index contributed by atoms with van der Waals surface area (Å²) in [5.41, 5.74) is 1.36. The summed E-state index contributed by atoms with van der Waals surface area (Å²) < 4.78 is 52.4. The Hall–Kier alpha value is -2.36. The van der Waals surface area contributed by atoms with Gasteiger partial charge in [0.15, 0.2) is 11.5 Å². The van der Waals surface area contributed by atoms with E-state index in [0.717, 1.165) is 31.2 Å². The van der Waals surface area contributed by atoms with E-state index in [1.54, 1.807) is 12.1 Å². The third-order valence-corrected chi connectivity index (χ3v) is 4.60. The molecule has 2 atom stereocenters. The van der Waals surface area contributed by atoms with Gasteiger partial charge in [-0.15, -0.1) is 12.8 Å². The Kier molecular flexibility index (Phi) is 6.41. The molecule has 1 aliphatic carbocycles. The molecule has 1 saturated carbocycles. The maximum Gasteiger partial charge on any atom is 0.490 e. The van der Waals surface area contributed by atoms with Gasteiger partial charge in [-0.1, -0.05) is 6.42 Å². The smallest absolute Gasteiger partial charge is 0.490 e. The van der Waals surface area contributed by atoms with Crippen LogP contribution in [0.5, 0.6) is 11.5 Å². The molecule has 2 aliphatic rings. The molecule has 142 valence electrons. The van der Waals surface area contributed by atoms with Gasteiger partial charge >= 0.3 is 12.1 Å². The number of hydrogen-bond donors (Lipinski definition) is 0. The molecule has 1 aromatic rings. The number of benzene rings is 1. The molecule has 0 N–H and O–H groups in total. The van der Waals surface area contributed by atoms with Gasteiger partial charge in [0.25, 0.3) is 0 Å². The van der Waals surface area contributed by atoms with Crippen LogP contribution in [0.15, 0.2) is 12.1 Å². The number of ether oxygens (including phenoxy) is 3. The summed E-state index contributed by atoms with van der Waals surface area (Å²) in [6.07, 6.45) is 8.39. The van der Waals surface area contributed by atoms with Crippen LogP contribution in [0.4, 0.5) is 13.2 Å². The van der Waals surface area contributed by atoms with Gasteiger partial charge in [-0.3, -0.25) is 0 Å². The van der Waals surface area contributed by atoms with Crippen LogP contribution in [0.1, 0.15) is 36.8 Å². The molecule has 1 aromatic carbocycles. The van der Waals surface area contributed by atoms with E-state index in [1.165, 1.54) is 13.5 Å². The molecule has 1 fully saturated rings. The second-order valence-electron chi connectivity index (χ2n) is 6.27. The summed E-state index contributed by atoms with van der Waals surface area (Å²) in [6.45, 7) is -0.448. The Morgan fingerprint density at radius 1 is 1.27 bits per heavy atom. The number of esters is 1. The number of carbonyl (C=O) groups is 1. The Labute approximate surface area is 150 Å². The van der Waals surface area contributed by atoms with Gasteiger partial charge in [0.1, 0.15) is 12.7 Å². The second-order valence-corrected chi connectivity index (χ2v) is 6.27. The Bertz CT molecular complexity index is 667. The standard InChI is InChI=1S/C17H19F3O4.C2H2/c1-22-14-7-10(9-23-16(21)17(18,19)20)6-12-8-11-4-2-3-5-13(11)24-15(12)14;1-2/h6-7,11,13H,2-5,8-9H2,1H3;1-2H/t11-,13?;/m0./s1. The molecular formula is C19H21F3O4. The monoisotopic (exact) mass is 370 g/mol. The Morgan fingerprint density at radius 2 is 1.96 bits per heavy atom. The minimum atomic E-state index is -4.99. The molecule has 4 nitrogen and oxygen atoms in total. The molecular weight excluding hydrogens is 349 g/mol. The van der Waals surface area contributed by atoms with Crippen molar-refractivity contribution in [3.8, 4) is 24.3 Å². The van der Waals surface area contributed by atoms with Crippen LogP contribution >= 0.6 is 0 Å². The highest BCUT2D eigenvalue weighted by molar-refractivity contribution is 5.75. The van der Waals surface area contributed by atoms with Crippen LogP contribution in [0.25, 0.3) is 0 Å². The van der Waals surface area contributed by atoms with E-state index in [-0.39, 0.29) is 6.10 Å². The minimum Gasteiger partial charge on any atom is -0.493 e. The molecule has 0 radical (unpaired) electrons. The molecule has 1 aliphatic heterocycles. The number of fused-ring (bicyclic) bond motifs is 2. The first-order valence-corrected chi connectivity index (χ1v) is 8.32. The predicted molar refractivity (Wildman–Crippen MR) is 88.8 cm³/mol. The summed E-state index contributed by atoms with van der Waals surface area (Å²) in [5, 5.41) is 0. The number of terminal acetylenes is 1. The predicted octanol–water partition coefficient (Wildman–Crippen LogP) is 4.04. The maximum atomic E-state index is 12.2. The summed E-state index contributed by atoms with van der Waals surface area (Å²) in [4.78, 5) is 10.9. The van der Waals surface area contributed by atoms with Crippen LogP contribution in [-0.4, -0.2) is 25.4 Å². The topological polar surface area (TPSA) is 44.8 Å². The fraction of sp³-hybridized carbons (Fsp3) is 0.526. The average molecular weight is 370 g/mol. The number of carbonyl (C=O) groups excluding carboxylic acids is 1. The highest BCUT2D eigenvalue weighted by Gasteiger charge is 2.41.